The molecule has 1 spiro atoms. The van der Waals surface area contributed by atoms with Crippen molar-refractivity contribution < 1.29 is 13.6 Å². The van der Waals surface area contributed by atoms with Crippen molar-refractivity contribution in [3.05, 3.63) is 35.4 Å². The Bertz CT molecular complexity index is 476. The highest BCUT2D eigenvalue weighted by Gasteiger charge is 2.46. The van der Waals surface area contributed by atoms with E-state index in [0.29, 0.717) is 18.5 Å². The first-order valence-corrected chi connectivity index (χ1v) is 6.27. The monoisotopic (exact) mass is 251 g/mol. The zero-order valence-electron chi connectivity index (χ0n) is 10.0. The van der Waals surface area contributed by atoms with E-state index in [0.717, 1.165) is 25.5 Å². The van der Waals surface area contributed by atoms with E-state index in [1.165, 1.54) is 12.1 Å². The van der Waals surface area contributed by atoms with E-state index in [4.69, 9.17) is 0 Å². The van der Waals surface area contributed by atoms with Crippen molar-refractivity contribution in [2.75, 3.05) is 13.1 Å². The fraction of sp³-hybridized carbons (Fsp3) is 0.500. The molecule has 1 aromatic carbocycles. The van der Waals surface area contributed by atoms with Crippen molar-refractivity contribution in [3.8, 4) is 0 Å². The predicted molar refractivity (Wildman–Crippen MR) is 63.3 cm³/mol. The maximum Gasteiger partial charge on any atom is 0.154 e. The van der Waals surface area contributed by atoms with Gasteiger partial charge in [0.1, 0.15) is 11.6 Å². The van der Waals surface area contributed by atoms with Crippen molar-refractivity contribution in [2.24, 2.45) is 5.41 Å². The van der Waals surface area contributed by atoms with Gasteiger partial charge in [-0.15, -0.1) is 0 Å². The lowest BCUT2D eigenvalue weighted by molar-refractivity contribution is -0.119. The molecular formula is C14H15F2NO. The lowest BCUT2D eigenvalue weighted by Gasteiger charge is -2.18. The van der Waals surface area contributed by atoms with E-state index in [1.807, 2.05) is 0 Å². The van der Waals surface area contributed by atoms with Crippen molar-refractivity contribution in [2.45, 2.75) is 25.2 Å². The number of halogens is 2. The third-order valence-electron chi connectivity index (χ3n) is 4.07. The van der Waals surface area contributed by atoms with Crippen LogP contribution >= 0.6 is 0 Å². The number of carbonyl (C=O) groups is 1. The molecule has 1 heterocycles. The Morgan fingerprint density at radius 2 is 1.83 bits per heavy atom. The molecule has 96 valence electrons. The first kappa shape index (κ1) is 11.8. The summed E-state index contributed by atoms with van der Waals surface area (Å²) >= 11 is 0. The molecule has 0 amide bonds. The maximum absolute atomic E-state index is 13.3. The smallest absolute Gasteiger partial charge is 0.154 e. The topological polar surface area (TPSA) is 29.1 Å². The summed E-state index contributed by atoms with van der Waals surface area (Å²) in [5.41, 5.74) is 0.659. The van der Waals surface area contributed by atoms with Gasteiger partial charge >= 0.3 is 0 Å². The van der Waals surface area contributed by atoms with E-state index in [1.54, 1.807) is 0 Å². The zero-order valence-corrected chi connectivity index (χ0v) is 10.0. The summed E-state index contributed by atoms with van der Waals surface area (Å²) < 4.78 is 26.5. The second-order valence-corrected chi connectivity index (χ2v) is 5.53. The van der Waals surface area contributed by atoms with E-state index in [9.17, 15) is 13.6 Å². The lowest BCUT2D eigenvalue weighted by Crippen LogP contribution is -2.25. The van der Waals surface area contributed by atoms with Crippen LogP contribution in [0.15, 0.2) is 18.2 Å². The first-order chi connectivity index (χ1) is 8.58. The van der Waals surface area contributed by atoms with Gasteiger partial charge in [0.05, 0.1) is 6.54 Å². The van der Waals surface area contributed by atoms with Crippen LogP contribution in [-0.2, 0) is 4.79 Å². The van der Waals surface area contributed by atoms with Crippen LogP contribution in [0, 0.1) is 17.0 Å². The minimum absolute atomic E-state index is 0.0313. The average Bonchev–Trinajstić information content (AvgIpc) is 3.06. The molecule has 18 heavy (non-hydrogen) atoms. The Morgan fingerprint density at radius 1 is 1.17 bits per heavy atom. The van der Waals surface area contributed by atoms with Crippen LogP contribution in [-0.4, -0.2) is 18.9 Å². The molecule has 1 aliphatic carbocycles. The normalized spacial score (nSPS) is 26.1. The summed E-state index contributed by atoms with van der Waals surface area (Å²) in [5.74, 6) is -1.56. The van der Waals surface area contributed by atoms with E-state index >= 15 is 0 Å². The summed E-state index contributed by atoms with van der Waals surface area (Å²) in [7, 11) is 0. The highest BCUT2D eigenvalue weighted by atomic mass is 19.1. The first-order valence-electron chi connectivity index (χ1n) is 6.27. The van der Waals surface area contributed by atoms with Crippen LogP contribution in [0.2, 0.25) is 0 Å². The largest absolute Gasteiger partial charge is 0.309 e. The predicted octanol–water partition coefficient (Wildman–Crippen LogP) is 2.39. The van der Waals surface area contributed by atoms with Gasteiger partial charge in [0.15, 0.2) is 5.78 Å². The van der Waals surface area contributed by atoms with Crippen LogP contribution in [0.5, 0.6) is 0 Å². The molecule has 1 saturated carbocycles. The molecule has 1 aromatic rings. The molecule has 0 aromatic heterocycles. The number of nitrogens with one attached hydrogen (secondary N) is 1. The molecule has 1 N–H and O–H groups in total. The third-order valence-corrected chi connectivity index (χ3v) is 4.07. The van der Waals surface area contributed by atoms with Crippen LogP contribution in [0.3, 0.4) is 0 Å². The summed E-state index contributed by atoms with van der Waals surface area (Å²) in [6, 6.07) is 3.41. The molecule has 0 radical (unpaired) electrons. The number of carbonyl (C=O) groups excluding carboxylic acids is 1. The van der Waals surface area contributed by atoms with Crippen molar-refractivity contribution in [1.82, 2.24) is 5.32 Å². The molecule has 1 unspecified atom stereocenters. The van der Waals surface area contributed by atoms with Gasteiger partial charge < -0.3 is 5.32 Å². The Kier molecular flexibility index (Phi) is 2.70. The summed E-state index contributed by atoms with van der Waals surface area (Å²) in [4.78, 5) is 12.0. The molecular weight excluding hydrogens is 236 g/mol. The van der Waals surface area contributed by atoms with Crippen molar-refractivity contribution in [1.29, 1.82) is 0 Å². The van der Waals surface area contributed by atoms with E-state index in [2.05, 4.69) is 5.32 Å². The van der Waals surface area contributed by atoms with Gasteiger partial charge in [0.25, 0.3) is 0 Å². The third kappa shape index (κ3) is 2.17. The minimum Gasteiger partial charge on any atom is -0.309 e. The fourth-order valence-corrected chi connectivity index (χ4v) is 2.83. The minimum atomic E-state index is -0.611. The van der Waals surface area contributed by atoms with Gasteiger partial charge in [-0.3, -0.25) is 4.79 Å². The highest BCUT2D eigenvalue weighted by molar-refractivity contribution is 5.88. The van der Waals surface area contributed by atoms with Crippen molar-refractivity contribution in [3.63, 3.8) is 0 Å². The van der Waals surface area contributed by atoms with Gasteiger partial charge in [0, 0.05) is 18.5 Å². The number of hydrogen-bond donors (Lipinski definition) is 1. The number of rotatable bonds is 1. The Balaban J connectivity index is 1.94. The van der Waals surface area contributed by atoms with Crippen LogP contribution in [0.4, 0.5) is 8.78 Å². The Labute approximate surface area is 104 Å². The molecule has 2 aliphatic rings. The SMILES string of the molecule is O=C1CNCC2(CC2)CC1c1cc(F)cc(F)c1. The van der Waals surface area contributed by atoms with Gasteiger partial charge in [0.2, 0.25) is 0 Å². The fourth-order valence-electron chi connectivity index (χ4n) is 2.83. The molecule has 1 aliphatic heterocycles. The van der Waals surface area contributed by atoms with E-state index < -0.39 is 11.6 Å². The number of ketones is 1. The molecule has 2 nitrogen and oxygen atoms in total. The molecule has 1 saturated heterocycles. The molecule has 2 fully saturated rings. The van der Waals surface area contributed by atoms with Gasteiger partial charge in [-0.1, -0.05) is 0 Å². The summed E-state index contributed by atoms with van der Waals surface area (Å²) in [5, 5.41) is 3.14. The van der Waals surface area contributed by atoms with Gasteiger partial charge in [-0.25, -0.2) is 8.78 Å². The average molecular weight is 251 g/mol. The van der Waals surface area contributed by atoms with E-state index in [-0.39, 0.29) is 17.1 Å². The second-order valence-electron chi connectivity index (χ2n) is 5.53. The Morgan fingerprint density at radius 3 is 2.44 bits per heavy atom. The van der Waals surface area contributed by atoms with Crippen LogP contribution in [0.25, 0.3) is 0 Å². The number of hydrogen-bond acceptors (Lipinski definition) is 2. The standard InChI is InChI=1S/C14H15F2NO/c15-10-3-9(4-11(16)5-10)12-6-14(1-2-14)8-17-7-13(12)18/h3-5,12,17H,1-2,6-8H2. The zero-order chi connectivity index (χ0) is 12.8. The molecule has 3 rings (SSSR count). The Hall–Kier alpha value is -1.29. The second kappa shape index (κ2) is 4.12. The quantitative estimate of drug-likeness (QED) is 0.830. The summed E-state index contributed by atoms with van der Waals surface area (Å²) in [6.07, 6.45) is 2.91. The van der Waals surface area contributed by atoms with Gasteiger partial charge in [-0.2, -0.15) is 0 Å². The number of benzene rings is 1. The molecule has 0 bridgehead atoms. The number of Topliss-reactive ketones (excluding diaryl/α,β-unsaturated/α-hetero) is 1. The van der Waals surface area contributed by atoms with Crippen molar-refractivity contribution >= 4 is 5.78 Å². The lowest BCUT2D eigenvalue weighted by atomic mass is 9.85. The van der Waals surface area contributed by atoms with Gasteiger partial charge in [-0.05, 0) is 42.4 Å². The highest BCUT2D eigenvalue weighted by Crippen LogP contribution is 2.52. The molecule has 4 heteroatoms. The summed E-state index contributed by atoms with van der Waals surface area (Å²) in [6.45, 7) is 1.14. The molecule has 1 atom stereocenters. The van der Waals surface area contributed by atoms with Crippen LogP contribution < -0.4 is 5.32 Å². The van der Waals surface area contributed by atoms with Crippen LogP contribution in [0.1, 0.15) is 30.7 Å². The maximum atomic E-state index is 13.3.